The maximum absolute atomic E-state index is 12.5. The zero-order valence-corrected chi connectivity index (χ0v) is 18.5. The Bertz CT molecular complexity index is 1040. The van der Waals surface area contributed by atoms with Gasteiger partial charge in [-0.1, -0.05) is 23.9 Å². The van der Waals surface area contributed by atoms with Crippen LogP contribution in [0.4, 0.5) is 11.4 Å². The molecule has 0 unspecified atom stereocenters. The van der Waals surface area contributed by atoms with Crippen molar-refractivity contribution in [2.45, 2.75) is 5.16 Å². The fourth-order valence-electron chi connectivity index (χ4n) is 2.84. The van der Waals surface area contributed by atoms with E-state index in [1.54, 1.807) is 32.4 Å². The van der Waals surface area contributed by atoms with Gasteiger partial charge in [-0.2, -0.15) is 0 Å². The van der Waals surface area contributed by atoms with E-state index in [9.17, 15) is 4.79 Å². The summed E-state index contributed by atoms with van der Waals surface area (Å²) in [7, 11) is 9.00. The molecule has 0 saturated heterocycles. The van der Waals surface area contributed by atoms with E-state index in [4.69, 9.17) is 9.47 Å². The highest BCUT2D eigenvalue weighted by atomic mass is 32.2. The lowest BCUT2D eigenvalue weighted by Crippen LogP contribution is -2.15. The second kappa shape index (κ2) is 9.53. The number of anilines is 2. The molecule has 1 aromatic heterocycles. The summed E-state index contributed by atoms with van der Waals surface area (Å²) < 4.78 is 12.4. The number of nitrogens with one attached hydrogen (secondary N) is 1. The molecule has 0 aliphatic rings. The molecule has 3 rings (SSSR count). The number of benzene rings is 2. The number of methoxy groups -OCH3 is 2. The SMILES string of the molecule is COc1ccc(OC)c(NC(=O)CSc2nnc(-c3cccc(N(C)C)c3)n2C)c1. The summed E-state index contributed by atoms with van der Waals surface area (Å²) >= 11 is 1.32. The van der Waals surface area contributed by atoms with Crippen molar-refractivity contribution in [2.75, 3.05) is 44.3 Å². The van der Waals surface area contributed by atoms with Crippen molar-refractivity contribution in [3.8, 4) is 22.9 Å². The molecule has 0 aliphatic carbocycles. The summed E-state index contributed by atoms with van der Waals surface area (Å²) in [6, 6.07) is 13.3. The Labute approximate surface area is 180 Å². The summed E-state index contributed by atoms with van der Waals surface area (Å²) in [6.07, 6.45) is 0. The molecular weight excluding hydrogens is 402 g/mol. The van der Waals surface area contributed by atoms with Gasteiger partial charge in [0.15, 0.2) is 11.0 Å². The van der Waals surface area contributed by atoms with E-state index in [2.05, 4.69) is 21.6 Å². The van der Waals surface area contributed by atoms with Crippen molar-refractivity contribution in [1.82, 2.24) is 14.8 Å². The highest BCUT2D eigenvalue weighted by Crippen LogP contribution is 2.30. The van der Waals surface area contributed by atoms with E-state index in [1.165, 1.54) is 11.8 Å². The molecule has 2 aromatic carbocycles. The Morgan fingerprint density at radius 3 is 2.63 bits per heavy atom. The zero-order valence-electron chi connectivity index (χ0n) is 17.7. The molecule has 1 heterocycles. The average molecular weight is 428 g/mol. The van der Waals surface area contributed by atoms with Gasteiger partial charge >= 0.3 is 0 Å². The molecule has 9 heteroatoms. The maximum atomic E-state index is 12.5. The first-order valence-corrected chi connectivity index (χ1v) is 10.2. The van der Waals surface area contributed by atoms with E-state index in [1.807, 2.05) is 48.8 Å². The van der Waals surface area contributed by atoms with Crippen molar-refractivity contribution in [3.05, 3.63) is 42.5 Å². The number of thioether (sulfide) groups is 1. The van der Waals surface area contributed by atoms with Gasteiger partial charge in [-0.15, -0.1) is 10.2 Å². The van der Waals surface area contributed by atoms with E-state index < -0.39 is 0 Å². The number of hydrogen-bond acceptors (Lipinski definition) is 7. The molecule has 0 atom stereocenters. The van der Waals surface area contributed by atoms with E-state index in [-0.39, 0.29) is 11.7 Å². The van der Waals surface area contributed by atoms with E-state index in [0.717, 1.165) is 17.1 Å². The lowest BCUT2D eigenvalue weighted by atomic mass is 10.2. The Morgan fingerprint density at radius 1 is 1.13 bits per heavy atom. The van der Waals surface area contributed by atoms with Crippen LogP contribution < -0.4 is 19.7 Å². The lowest BCUT2D eigenvalue weighted by Gasteiger charge is -2.13. The van der Waals surface area contributed by atoms with Gasteiger partial charge in [0.05, 0.1) is 25.7 Å². The Hall–Kier alpha value is -3.20. The minimum atomic E-state index is -0.175. The molecule has 0 fully saturated rings. The summed E-state index contributed by atoms with van der Waals surface area (Å²) in [5.41, 5.74) is 2.60. The third-order valence-electron chi connectivity index (χ3n) is 4.47. The van der Waals surface area contributed by atoms with Crippen LogP contribution in [0.2, 0.25) is 0 Å². The van der Waals surface area contributed by atoms with Crippen LogP contribution >= 0.6 is 11.8 Å². The van der Waals surface area contributed by atoms with Crippen molar-refractivity contribution < 1.29 is 14.3 Å². The predicted octanol–water partition coefficient (Wildman–Crippen LogP) is 3.30. The molecule has 30 heavy (non-hydrogen) atoms. The third-order valence-corrected chi connectivity index (χ3v) is 5.49. The standard InChI is InChI=1S/C21H25N5O3S/c1-25(2)15-8-6-7-14(11-15)20-23-24-21(26(20)3)30-13-19(27)22-17-12-16(28-4)9-10-18(17)29-5/h6-12H,13H2,1-5H3,(H,22,27). The largest absolute Gasteiger partial charge is 0.497 e. The highest BCUT2D eigenvalue weighted by molar-refractivity contribution is 7.99. The summed E-state index contributed by atoms with van der Waals surface area (Å²) in [5.74, 6) is 1.96. The monoisotopic (exact) mass is 427 g/mol. The van der Waals surface area contributed by atoms with Crippen LogP contribution in [0, 0.1) is 0 Å². The minimum Gasteiger partial charge on any atom is -0.497 e. The van der Waals surface area contributed by atoms with Crippen LogP contribution in [-0.4, -0.2) is 54.7 Å². The molecule has 0 aliphatic heterocycles. The maximum Gasteiger partial charge on any atom is 0.234 e. The zero-order chi connectivity index (χ0) is 21.7. The number of amides is 1. The molecule has 3 aromatic rings. The smallest absolute Gasteiger partial charge is 0.234 e. The Balaban J connectivity index is 1.69. The van der Waals surface area contributed by atoms with Gasteiger partial charge in [-0.05, 0) is 24.3 Å². The van der Waals surface area contributed by atoms with Gasteiger partial charge in [-0.3, -0.25) is 4.79 Å². The Kier molecular flexibility index (Phi) is 6.83. The van der Waals surface area contributed by atoms with E-state index >= 15 is 0 Å². The first kappa shape index (κ1) is 21.5. The normalized spacial score (nSPS) is 10.6. The summed E-state index contributed by atoms with van der Waals surface area (Å²) in [5, 5.41) is 12.1. The van der Waals surface area contributed by atoms with Crippen LogP contribution in [0.15, 0.2) is 47.6 Å². The van der Waals surface area contributed by atoms with Crippen LogP contribution in [0.3, 0.4) is 0 Å². The van der Waals surface area contributed by atoms with Crippen LogP contribution in [0.1, 0.15) is 0 Å². The Morgan fingerprint density at radius 2 is 1.93 bits per heavy atom. The number of nitrogens with zero attached hydrogens (tertiary/aromatic N) is 4. The molecule has 0 radical (unpaired) electrons. The molecule has 0 spiro atoms. The fourth-order valence-corrected chi connectivity index (χ4v) is 3.55. The lowest BCUT2D eigenvalue weighted by molar-refractivity contribution is -0.113. The number of carbonyl (C=O) groups is 1. The molecule has 0 bridgehead atoms. The van der Waals surface area contributed by atoms with Crippen molar-refractivity contribution in [1.29, 1.82) is 0 Å². The van der Waals surface area contributed by atoms with Crippen LogP contribution in [0.5, 0.6) is 11.5 Å². The van der Waals surface area contributed by atoms with Crippen LogP contribution in [0.25, 0.3) is 11.4 Å². The molecule has 1 amide bonds. The second-order valence-electron chi connectivity index (χ2n) is 6.71. The molecule has 158 valence electrons. The summed E-state index contributed by atoms with van der Waals surface area (Å²) in [6.45, 7) is 0. The number of rotatable bonds is 8. The average Bonchev–Trinajstić information content (AvgIpc) is 3.12. The topological polar surface area (TPSA) is 81.5 Å². The van der Waals surface area contributed by atoms with Crippen LogP contribution in [-0.2, 0) is 11.8 Å². The minimum absolute atomic E-state index is 0.175. The molecule has 0 saturated carbocycles. The van der Waals surface area contributed by atoms with Gasteiger partial charge in [0.1, 0.15) is 11.5 Å². The predicted molar refractivity (Wildman–Crippen MR) is 120 cm³/mol. The van der Waals surface area contributed by atoms with Gasteiger partial charge in [0.2, 0.25) is 5.91 Å². The van der Waals surface area contributed by atoms with Crippen molar-refractivity contribution >= 4 is 29.0 Å². The molecule has 1 N–H and O–H groups in total. The molecule has 8 nitrogen and oxygen atoms in total. The van der Waals surface area contributed by atoms with Gasteiger partial charge in [0.25, 0.3) is 0 Å². The number of hydrogen-bond donors (Lipinski definition) is 1. The third kappa shape index (κ3) is 4.85. The number of carbonyl (C=O) groups excluding carboxylic acids is 1. The summed E-state index contributed by atoms with van der Waals surface area (Å²) in [4.78, 5) is 14.5. The van der Waals surface area contributed by atoms with Gasteiger partial charge < -0.3 is 24.3 Å². The quantitative estimate of drug-likeness (QED) is 0.553. The first-order chi connectivity index (χ1) is 14.4. The van der Waals surface area contributed by atoms with E-state index in [0.29, 0.717) is 22.3 Å². The van der Waals surface area contributed by atoms with Gasteiger partial charge in [0, 0.05) is 38.5 Å². The van der Waals surface area contributed by atoms with Crippen molar-refractivity contribution in [3.63, 3.8) is 0 Å². The number of ether oxygens (including phenoxy) is 2. The second-order valence-corrected chi connectivity index (χ2v) is 7.66. The molecular formula is C21H25N5O3S. The van der Waals surface area contributed by atoms with Gasteiger partial charge in [-0.25, -0.2) is 0 Å². The first-order valence-electron chi connectivity index (χ1n) is 9.24. The number of aromatic nitrogens is 3. The van der Waals surface area contributed by atoms with Crippen molar-refractivity contribution in [2.24, 2.45) is 7.05 Å². The fraction of sp³-hybridized carbons (Fsp3) is 0.286. The highest BCUT2D eigenvalue weighted by Gasteiger charge is 2.15.